The van der Waals surface area contributed by atoms with Gasteiger partial charge < -0.3 is 5.11 Å². The quantitative estimate of drug-likeness (QED) is 0.775. The minimum Gasteiger partial charge on any atom is -0.396 e. The lowest BCUT2D eigenvalue weighted by atomic mass is 9.93. The minimum absolute atomic E-state index is 0.145. The summed E-state index contributed by atoms with van der Waals surface area (Å²) in [6, 6.07) is 9.94. The average molecular weight is 304 g/mol. The van der Waals surface area contributed by atoms with Crippen LogP contribution in [0.5, 0.6) is 0 Å². The van der Waals surface area contributed by atoms with Gasteiger partial charge in [0, 0.05) is 17.2 Å². The summed E-state index contributed by atoms with van der Waals surface area (Å²) in [6.45, 7) is 2.22. The molecule has 3 aromatic rings. The highest BCUT2D eigenvalue weighted by Gasteiger charge is 2.14. The maximum Gasteiger partial charge on any atom is 0.0821 e. The van der Waals surface area contributed by atoms with Crippen LogP contribution in [0.4, 0.5) is 0 Å². The summed E-state index contributed by atoms with van der Waals surface area (Å²) in [5.41, 5.74) is 7.53. The lowest BCUT2D eigenvalue weighted by Gasteiger charge is -2.13. The number of benzene rings is 2. The zero-order chi connectivity index (χ0) is 14.1. The number of thiazole rings is 1. The minimum atomic E-state index is 0.145. The second-order valence-electron chi connectivity index (χ2n) is 4.73. The van der Waals surface area contributed by atoms with Crippen LogP contribution in [-0.4, -0.2) is 16.7 Å². The van der Waals surface area contributed by atoms with Gasteiger partial charge in [-0.1, -0.05) is 23.7 Å². The number of aromatic nitrogens is 1. The van der Waals surface area contributed by atoms with Crippen LogP contribution in [0.15, 0.2) is 35.8 Å². The van der Waals surface area contributed by atoms with Gasteiger partial charge in [-0.3, -0.25) is 0 Å². The van der Waals surface area contributed by atoms with E-state index in [2.05, 4.69) is 18.0 Å². The van der Waals surface area contributed by atoms with Crippen molar-refractivity contribution >= 4 is 33.2 Å². The summed E-state index contributed by atoms with van der Waals surface area (Å²) in [4.78, 5) is 4.41. The molecule has 2 nitrogen and oxygen atoms in total. The first kappa shape index (κ1) is 13.6. The van der Waals surface area contributed by atoms with E-state index in [1.54, 1.807) is 11.3 Å². The average Bonchev–Trinajstić information content (AvgIpc) is 2.89. The van der Waals surface area contributed by atoms with Crippen LogP contribution < -0.4 is 0 Å². The van der Waals surface area contributed by atoms with E-state index in [9.17, 15) is 5.11 Å². The first-order chi connectivity index (χ1) is 9.70. The van der Waals surface area contributed by atoms with Crippen molar-refractivity contribution in [2.24, 2.45) is 0 Å². The molecule has 0 aliphatic heterocycles. The van der Waals surface area contributed by atoms with Gasteiger partial charge >= 0.3 is 0 Å². The molecule has 0 unspecified atom stereocenters. The molecule has 3 rings (SSSR count). The molecule has 0 aliphatic carbocycles. The maximum absolute atomic E-state index is 9.35. The third kappa shape index (κ3) is 2.33. The van der Waals surface area contributed by atoms with E-state index in [1.165, 1.54) is 21.4 Å². The van der Waals surface area contributed by atoms with Crippen molar-refractivity contribution in [3.8, 4) is 11.1 Å². The van der Waals surface area contributed by atoms with E-state index in [1.807, 2.05) is 29.8 Å². The number of hydrogen-bond acceptors (Lipinski definition) is 3. The largest absolute Gasteiger partial charge is 0.396 e. The third-order valence-corrected chi connectivity index (χ3v) is 4.56. The van der Waals surface area contributed by atoms with E-state index in [4.69, 9.17) is 11.6 Å². The van der Waals surface area contributed by atoms with Gasteiger partial charge in [-0.15, -0.1) is 11.3 Å². The Hall–Kier alpha value is -1.42. The zero-order valence-electron chi connectivity index (χ0n) is 11.1. The van der Waals surface area contributed by atoms with Crippen LogP contribution in [-0.2, 0) is 6.42 Å². The summed E-state index contributed by atoms with van der Waals surface area (Å²) >= 11 is 7.61. The monoisotopic (exact) mass is 303 g/mol. The summed E-state index contributed by atoms with van der Waals surface area (Å²) in [5, 5.41) is 10.1. The first-order valence-electron chi connectivity index (χ1n) is 6.43. The van der Waals surface area contributed by atoms with E-state index < -0.39 is 0 Å². The molecule has 0 spiro atoms. The molecule has 0 saturated carbocycles. The van der Waals surface area contributed by atoms with Crippen LogP contribution >= 0.6 is 22.9 Å². The molecule has 102 valence electrons. The Morgan fingerprint density at radius 2 is 2.00 bits per heavy atom. The van der Waals surface area contributed by atoms with Gasteiger partial charge in [-0.05, 0) is 48.2 Å². The fourth-order valence-corrected chi connectivity index (χ4v) is 3.52. The number of hydrogen-bond donors (Lipinski definition) is 1. The predicted octanol–water partition coefficient (Wildman–Crippen LogP) is 4.46. The lowest BCUT2D eigenvalue weighted by Crippen LogP contribution is -1.98. The molecule has 0 radical (unpaired) electrons. The molecule has 0 fully saturated rings. The fraction of sp³-hybridized carbons (Fsp3) is 0.188. The van der Waals surface area contributed by atoms with E-state index in [-0.39, 0.29) is 6.61 Å². The highest BCUT2D eigenvalue weighted by atomic mass is 35.5. The van der Waals surface area contributed by atoms with Crippen LogP contribution in [0.2, 0.25) is 5.02 Å². The Morgan fingerprint density at radius 1 is 1.25 bits per heavy atom. The summed E-state index contributed by atoms with van der Waals surface area (Å²) in [7, 11) is 0. The second-order valence-corrected chi connectivity index (χ2v) is 6.02. The lowest BCUT2D eigenvalue weighted by molar-refractivity contribution is 0.299. The molecule has 0 aliphatic rings. The Balaban J connectivity index is 2.32. The summed E-state index contributed by atoms with van der Waals surface area (Å²) in [6.07, 6.45) is 0.650. The zero-order valence-corrected chi connectivity index (χ0v) is 12.6. The number of fused-ring (bicyclic) bond motifs is 1. The summed E-state index contributed by atoms with van der Waals surface area (Å²) in [5.74, 6) is 0. The van der Waals surface area contributed by atoms with Gasteiger partial charge in [-0.25, -0.2) is 4.98 Å². The van der Waals surface area contributed by atoms with Crippen molar-refractivity contribution in [3.05, 3.63) is 52.0 Å². The number of rotatable bonds is 3. The molecule has 1 heterocycles. The first-order valence-corrected chi connectivity index (χ1v) is 7.69. The Bertz CT molecular complexity index is 749. The van der Waals surface area contributed by atoms with Gasteiger partial charge in [0.2, 0.25) is 0 Å². The SMILES string of the molecule is Cc1cc2ncsc2c(-c2ccc(Cl)cc2)c1CCO. The van der Waals surface area contributed by atoms with Crippen molar-refractivity contribution in [1.29, 1.82) is 0 Å². The Labute approximate surface area is 126 Å². The topological polar surface area (TPSA) is 33.1 Å². The van der Waals surface area contributed by atoms with Gasteiger partial charge in [0.1, 0.15) is 0 Å². The fourth-order valence-electron chi connectivity index (χ4n) is 2.53. The molecule has 0 atom stereocenters. The van der Waals surface area contributed by atoms with Gasteiger partial charge in [0.05, 0.1) is 15.7 Å². The van der Waals surface area contributed by atoms with Gasteiger partial charge in [0.15, 0.2) is 0 Å². The molecule has 0 bridgehead atoms. The summed E-state index contributed by atoms with van der Waals surface area (Å²) < 4.78 is 1.17. The number of aliphatic hydroxyl groups excluding tert-OH is 1. The smallest absolute Gasteiger partial charge is 0.0821 e. The molecule has 1 aromatic heterocycles. The molecular weight excluding hydrogens is 290 g/mol. The van der Waals surface area contributed by atoms with Crippen LogP contribution in [0.3, 0.4) is 0 Å². The predicted molar refractivity (Wildman–Crippen MR) is 85.6 cm³/mol. The highest BCUT2D eigenvalue weighted by molar-refractivity contribution is 7.17. The number of aryl methyl sites for hydroxylation is 1. The molecule has 4 heteroatoms. The molecular formula is C16H14ClNOS. The normalized spacial score (nSPS) is 11.2. The number of aliphatic hydroxyl groups is 1. The number of nitrogens with zero attached hydrogens (tertiary/aromatic N) is 1. The number of halogens is 1. The molecule has 0 amide bonds. The van der Waals surface area contributed by atoms with Crippen molar-refractivity contribution in [1.82, 2.24) is 4.98 Å². The molecule has 0 saturated heterocycles. The van der Waals surface area contributed by atoms with E-state index in [0.717, 1.165) is 16.1 Å². The molecule has 2 aromatic carbocycles. The molecule has 20 heavy (non-hydrogen) atoms. The van der Waals surface area contributed by atoms with Crippen LogP contribution in [0, 0.1) is 6.92 Å². The van der Waals surface area contributed by atoms with Gasteiger partial charge in [-0.2, -0.15) is 0 Å². The standard InChI is InChI=1S/C16H14ClNOS/c1-10-8-14-16(20-9-18-14)15(13(10)6-7-19)11-2-4-12(17)5-3-11/h2-5,8-9,19H,6-7H2,1H3. The van der Waals surface area contributed by atoms with Crippen LogP contribution in [0.25, 0.3) is 21.3 Å². The maximum atomic E-state index is 9.35. The van der Waals surface area contributed by atoms with Gasteiger partial charge in [0.25, 0.3) is 0 Å². The third-order valence-electron chi connectivity index (χ3n) is 3.45. The van der Waals surface area contributed by atoms with Crippen molar-refractivity contribution < 1.29 is 5.11 Å². The molecule has 1 N–H and O–H groups in total. The van der Waals surface area contributed by atoms with Crippen LogP contribution in [0.1, 0.15) is 11.1 Å². The van der Waals surface area contributed by atoms with Crippen molar-refractivity contribution in [2.75, 3.05) is 6.61 Å². The van der Waals surface area contributed by atoms with Crippen molar-refractivity contribution in [2.45, 2.75) is 13.3 Å². The highest BCUT2D eigenvalue weighted by Crippen LogP contribution is 2.37. The van der Waals surface area contributed by atoms with E-state index in [0.29, 0.717) is 6.42 Å². The van der Waals surface area contributed by atoms with E-state index >= 15 is 0 Å². The van der Waals surface area contributed by atoms with Crippen molar-refractivity contribution in [3.63, 3.8) is 0 Å². The Morgan fingerprint density at radius 3 is 2.70 bits per heavy atom. The Kier molecular flexibility index (Phi) is 3.74. The second kappa shape index (κ2) is 5.52.